The molecule has 0 saturated carbocycles. The second-order valence-electron chi connectivity index (χ2n) is 9.50. The highest BCUT2D eigenvalue weighted by atomic mass is 32.2. The predicted molar refractivity (Wildman–Crippen MR) is 158 cm³/mol. The number of rotatable bonds is 5. The number of ether oxygens (including phenoxy) is 2. The molecule has 1 unspecified atom stereocenters. The summed E-state index contributed by atoms with van der Waals surface area (Å²) in [4.78, 5) is 14.5. The minimum Gasteiger partial charge on any atom is -0.497 e. The summed E-state index contributed by atoms with van der Waals surface area (Å²) in [6, 6.07) is 28.9. The Kier molecular flexibility index (Phi) is 5.46. The van der Waals surface area contributed by atoms with Gasteiger partial charge in [0.1, 0.15) is 17.8 Å². The largest absolute Gasteiger partial charge is 0.497 e. The molecule has 1 aliphatic rings. The molecule has 0 bridgehead atoms. The highest BCUT2D eigenvalue weighted by Gasteiger charge is 2.34. The molecule has 0 fully saturated rings. The molecule has 194 valence electrons. The number of para-hydroxylation sites is 1. The first kappa shape index (κ1) is 23.4. The van der Waals surface area contributed by atoms with Crippen LogP contribution in [0.25, 0.3) is 26.6 Å². The maximum Gasteiger partial charge on any atom is 0.228 e. The number of methoxy groups -OCH3 is 1. The quantitative estimate of drug-likeness (QED) is 0.202. The van der Waals surface area contributed by atoms with Crippen molar-refractivity contribution in [3.8, 4) is 17.4 Å². The number of thiazole rings is 1. The van der Waals surface area contributed by atoms with Crippen molar-refractivity contribution in [2.24, 2.45) is 0 Å². The summed E-state index contributed by atoms with van der Waals surface area (Å²) in [6.07, 6.45) is 1.68. The average molecular weight is 560 g/mol. The van der Waals surface area contributed by atoms with E-state index in [-0.39, 0.29) is 5.92 Å². The highest BCUT2D eigenvalue weighted by molar-refractivity contribution is 8.00. The van der Waals surface area contributed by atoms with E-state index in [0.717, 1.165) is 60.3 Å². The van der Waals surface area contributed by atoms with Crippen LogP contribution in [0.5, 0.6) is 17.4 Å². The minimum absolute atomic E-state index is 0.152. The summed E-state index contributed by atoms with van der Waals surface area (Å²) >= 11 is 3.33. The number of hydrogen-bond donors (Lipinski definition) is 0. The van der Waals surface area contributed by atoms with Crippen molar-refractivity contribution >= 4 is 49.7 Å². The molecule has 0 N–H and O–H groups in total. The lowest BCUT2D eigenvalue weighted by molar-refractivity contribution is 0.414. The van der Waals surface area contributed by atoms with E-state index >= 15 is 0 Å². The molecule has 7 aromatic rings. The van der Waals surface area contributed by atoms with E-state index < -0.39 is 0 Å². The van der Waals surface area contributed by atoms with Gasteiger partial charge in [-0.3, -0.25) is 0 Å². The summed E-state index contributed by atoms with van der Waals surface area (Å²) in [6.45, 7) is 0. The third kappa shape index (κ3) is 3.81. The van der Waals surface area contributed by atoms with Gasteiger partial charge in [-0.2, -0.15) is 0 Å². The van der Waals surface area contributed by atoms with E-state index in [1.54, 1.807) is 41.1 Å². The Bertz CT molecular complexity index is 2020. The second kappa shape index (κ2) is 9.32. The first-order chi connectivity index (χ1) is 19.7. The molecular weight excluding hydrogens is 539 g/mol. The lowest BCUT2D eigenvalue weighted by Crippen LogP contribution is -2.15. The summed E-state index contributed by atoms with van der Waals surface area (Å²) < 4.78 is 15.8. The summed E-state index contributed by atoms with van der Waals surface area (Å²) in [5.74, 6) is 3.33. The van der Waals surface area contributed by atoms with Crippen LogP contribution in [-0.4, -0.2) is 31.7 Å². The number of nitrogens with zero attached hydrogens (tertiary/aromatic N) is 5. The number of aromatic nitrogens is 5. The van der Waals surface area contributed by atoms with Crippen molar-refractivity contribution in [1.82, 2.24) is 24.6 Å². The third-order valence-corrected chi connectivity index (χ3v) is 9.37. The maximum atomic E-state index is 6.43. The van der Waals surface area contributed by atoms with Crippen LogP contribution in [0.2, 0.25) is 0 Å². The molecule has 4 aromatic carbocycles. The molecular formula is C31H21N5O2S2. The van der Waals surface area contributed by atoms with Gasteiger partial charge >= 0.3 is 0 Å². The van der Waals surface area contributed by atoms with Crippen LogP contribution in [0.15, 0.2) is 95.6 Å². The van der Waals surface area contributed by atoms with E-state index in [1.165, 1.54) is 4.70 Å². The zero-order valence-electron chi connectivity index (χ0n) is 21.3. The molecule has 1 aliphatic heterocycles. The van der Waals surface area contributed by atoms with Gasteiger partial charge in [0.15, 0.2) is 15.8 Å². The standard InChI is InChI=1S/C31H21N5O2S2/c1-37-20-13-10-19(11-14-20)26-27-21-7-3-2-6-18(21)12-15-23(27)38-30-28(26)29-34-25(35-36(29)17-32-30)16-39-31-33-22-8-4-5-9-24(22)40-31/h2-15,17,26H,16H2,1H3. The van der Waals surface area contributed by atoms with Gasteiger partial charge in [0.05, 0.1) is 28.6 Å². The molecule has 0 aliphatic carbocycles. The van der Waals surface area contributed by atoms with Crippen molar-refractivity contribution in [3.05, 3.63) is 114 Å². The molecule has 0 amide bonds. The number of fused-ring (bicyclic) bond motifs is 7. The molecule has 40 heavy (non-hydrogen) atoms. The van der Waals surface area contributed by atoms with Gasteiger partial charge in [0.25, 0.3) is 0 Å². The number of hydrogen-bond acceptors (Lipinski definition) is 8. The summed E-state index contributed by atoms with van der Waals surface area (Å²) in [7, 11) is 1.68. The molecule has 0 radical (unpaired) electrons. The van der Waals surface area contributed by atoms with E-state index in [2.05, 4.69) is 48.5 Å². The Balaban J connectivity index is 1.26. The van der Waals surface area contributed by atoms with Gasteiger partial charge in [-0.15, -0.1) is 16.4 Å². The Labute approximate surface area is 237 Å². The van der Waals surface area contributed by atoms with Gasteiger partial charge in [0, 0.05) is 11.5 Å². The van der Waals surface area contributed by atoms with Crippen molar-refractivity contribution < 1.29 is 9.47 Å². The second-order valence-corrected chi connectivity index (χ2v) is 11.8. The van der Waals surface area contributed by atoms with Crippen LogP contribution in [0.4, 0.5) is 0 Å². The minimum atomic E-state index is -0.152. The van der Waals surface area contributed by atoms with E-state index in [1.807, 2.05) is 36.4 Å². The van der Waals surface area contributed by atoms with Crippen LogP contribution < -0.4 is 9.47 Å². The molecule has 8 rings (SSSR count). The Hall–Kier alpha value is -4.47. The Morgan fingerprint density at radius 2 is 1.77 bits per heavy atom. The molecule has 1 atom stereocenters. The van der Waals surface area contributed by atoms with Crippen molar-refractivity contribution in [3.63, 3.8) is 0 Å². The van der Waals surface area contributed by atoms with Crippen LogP contribution >= 0.6 is 23.1 Å². The lowest BCUT2D eigenvalue weighted by atomic mass is 9.81. The normalized spacial score (nSPS) is 14.3. The fourth-order valence-electron chi connectivity index (χ4n) is 5.38. The van der Waals surface area contributed by atoms with Crippen LogP contribution in [-0.2, 0) is 5.75 Å². The molecule has 0 saturated heterocycles. The first-order valence-electron chi connectivity index (χ1n) is 12.8. The van der Waals surface area contributed by atoms with Crippen LogP contribution in [0.3, 0.4) is 0 Å². The molecule has 3 aromatic heterocycles. The predicted octanol–water partition coefficient (Wildman–Crippen LogP) is 7.47. The monoisotopic (exact) mass is 559 g/mol. The SMILES string of the molecule is COc1ccc(C2c3c(ccc4ccccc34)Oc3ncn4nc(CSc5nc6ccccc6s5)nc4c32)cc1. The molecule has 0 spiro atoms. The van der Waals surface area contributed by atoms with E-state index in [0.29, 0.717) is 11.6 Å². The van der Waals surface area contributed by atoms with E-state index in [9.17, 15) is 0 Å². The van der Waals surface area contributed by atoms with E-state index in [4.69, 9.17) is 29.5 Å². The zero-order chi connectivity index (χ0) is 26.6. The number of benzene rings is 4. The Morgan fingerprint density at radius 3 is 2.65 bits per heavy atom. The van der Waals surface area contributed by atoms with Crippen molar-refractivity contribution in [2.75, 3.05) is 7.11 Å². The van der Waals surface area contributed by atoms with Gasteiger partial charge in [-0.25, -0.2) is 19.5 Å². The average Bonchev–Trinajstić information content (AvgIpc) is 3.62. The third-order valence-electron chi connectivity index (χ3n) is 7.19. The molecule has 4 heterocycles. The van der Waals surface area contributed by atoms with Gasteiger partial charge in [0.2, 0.25) is 5.88 Å². The topological polar surface area (TPSA) is 74.4 Å². The zero-order valence-corrected chi connectivity index (χ0v) is 22.9. The van der Waals surface area contributed by atoms with Crippen molar-refractivity contribution in [1.29, 1.82) is 0 Å². The fourth-order valence-corrected chi connectivity index (χ4v) is 7.30. The Morgan fingerprint density at radius 1 is 0.925 bits per heavy atom. The maximum absolute atomic E-state index is 6.43. The molecule has 7 nitrogen and oxygen atoms in total. The number of thioether (sulfide) groups is 1. The fraction of sp³-hybridized carbons (Fsp3) is 0.0968. The first-order valence-corrected chi connectivity index (χ1v) is 14.6. The van der Waals surface area contributed by atoms with Gasteiger partial charge in [-0.05, 0) is 46.7 Å². The van der Waals surface area contributed by atoms with Gasteiger partial charge in [-0.1, -0.05) is 66.4 Å². The molecule has 9 heteroatoms. The smallest absolute Gasteiger partial charge is 0.228 e. The van der Waals surface area contributed by atoms with Gasteiger partial charge < -0.3 is 9.47 Å². The van der Waals surface area contributed by atoms with Crippen molar-refractivity contribution in [2.45, 2.75) is 16.0 Å². The summed E-state index contributed by atoms with van der Waals surface area (Å²) in [5.41, 5.74) is 4.86. The lowest BCUT2D eigenvalue weighted by Gasteiger charge is -2.29. The highest BCUT2D eigenvalue weighted by Crippen LogP contribution is 2.50. The summed E-state index contributed by atoms with van der Waals surface area (Å²) in [5, 5.41) is 7.08. The van der Waals surface area contributed by atoms with Crippen LogP contribution in [0, 0.1) is 0 Å². The van der Waals surface area contributed by atoms with Crippen LogP contribution in [0.1, 0.15) is 28.4 Å².